The Balaban J connectivity index is 1.87. The molecular formula is C13H20N4O4S. The van der Waals surface area contributed by atoms with Crippen LogP contribution in [0, 0.1) is 6.92 Å². The van der Waals surface area contributed by atoms with Crippen molar-refractivity contribution in [2.45, 2.75) is 19.4 Å². The fourth-order valence-corrected chi connectivity index (χ4v) is 2.42. The van der Waals surface area contributed by atoms with Crippen molar-refractivity contribution < 1.29 is 17.9 Å². The lowest BCUT2D eigenvalue weighted by Crippen LogP contribution is -2.40. The quantitative estimate of drug-likeness (QED) is 0.734. The highest BCUT2D eigenvalue weighted by atomic mass is 32.2. The molecule has 0 radical (unpaired) electrons. The van der Waals surface area contributed by atoms with Crippen molar-refractivity contribution in [1.29, 1.82) is 0 Å². The predicted molar refractivity (Wildman–Crippen MR) is 79.9 cm³/mol. The predicted octanol–water partition coefficient (Wildman–Crippen LogP) is -0.344. The van der Waals surface area contributed by atoms with Gasteiger partial charge in [-0.05, 0) is 13.0 Å². The van der Waals surface area contributed by atoms with Gasteiger partial charge >= 0.3 is 0 Å². The lowest BCUT2D eigenvalue weighted by molar-refractivity contribution is -0.130. The summed E-state index contributed by atoms with van der Waals surface area (Å²) < 4.78 is 29.4. The summed E-state index contributed by atoms with van der Waals surface area (Å²) in [6, 6.07) is 3.55. The van der Waals surface area contributed by atoms with Gasteiger partial charge in [0.25, 0.3) is 0 Å². The first-order valence-electron chi connectivity index (χ1n) is 6.92. The van der Waals surface area contributed by atoms with Gasteiger partial charge in [-0.2, -0.15) is 9.40 Å². The number of hydrogen-bond acceptors (Lipinski definition) is 6. The molecule has 1 aliphatic rings. The summed E-state index contributed by atoms with van der Waals surface area (Å²) >= 11 is 0. The maximum absolute atomic E-state index is 12.1. The Morgan fingerprint density at radius 3 is 2.77 bits per heavy atom. The van der Waals surface area contributed by atoms with Gasteiger partial charge < -0.3 is 9.64 Å². The molecule has 2 heterocycles. The molecule has 1 aromatic heterocycles. The Morgan fingerprint density at radius 2 is 2.18 bits per heavy atom. The molecule has 22 heavy (non-hydrogen) atoms. The molecular weight excluding hydrogens is 308 g/mol. The van der Waals surface area contributed by atoms with Gasteiger partial charge in [-0.1, -0.05) is 0 Å². The number of likely N-dealkylation sites (N-methyl/N-ethyl adjacent to an activating group) is 1. The highest BCUT2D eigenvalue weighted by molar-refractivity contribution is 7.88. The van der Waals surface area contributed by atoms with E-state index in [0.717, 1.165) is 16.3 Å². The number of hydrogen-bond donors (Lipinski definition) is 0. The first-order chi connectivity index (χ1) is 10.3. The minimum Gasteiger partial charge on any atom is -0.471 e. The van der Waals surface area contributed by atoms with E-state index in [1.807, 2.05) is 6.92 Å². The number of aryl methyl sites for hydroxylation is 1. The van der Waals surface area contributed by atoms with Crippen LogP contribution in [0.2, 0.25) is 0 Å². The monoisotopic (exact) mass is 328 g/mol. The average molecular weight is 328 g/mol. The number of rotatable bonds is 5. The van der Waals surface area contributed by atoms with E-state index in [1.54, 1.807) is 17.0 Å². The van der Waals surface area contributed by atoms with Crippen molar-refractivity contribution in [2.24, 2.45) is 0 Å². The van der Waals surface area contributed by atoms with Crippen molar-refractivity contribution >= 4 is 15.9 Å². The average Bonchev–Trinajstić information content (AvgIpc) is 2.89. The Kier molecular flexibility index (Phi) is 4.97. The van der Waals surface area contributed by atoms with E-state index < -0.39 is 10.0 Å². The minimum absolute atomic E-state index is 0.149. The van der Waals surface area contributed by atoms with E-state index in [0.29, 0.717) is 25.4 Å². The van der Waals surface area contributed by atoms with Crippen molar-refractivity contribution in [1.82, 2.24) is 19.4 Å². The van der Waals surface area contributed by atoms with E-state index in [4.69, 9.17) is 4.74 Å². The summed E-state index contributed by atoms with van der Waals surface area (Å²) in [6.45, 7) is 2.65. The van der Waals surface area contributed by atoms with Crippen molar-refractivity contribution in [3.63, 3.8) is 0 Å². The maximum atomic E-state index is 12.1. The number of ether oxygens (including phenoxy) is 1. The van der Waals surface area contributed by atoms with E-state index in [2.05, 4.69) is 10.2 Å². The van der Waals surface area contributed by atoms with Crippen LogP contribution in [-0.4, -0.2) is 72.8 Å². The van der Waals surface area contributed by atoms with Gasteiger partial charge in [0.15, 0.2) is 0 Å². The summed E-state index contributed by atoms with van der Waals surface area (Å²) in [7, 11) is -1.97. The third-order valence-corrected chi connectivity index (χ3v) is 4.74. The zero-order valence-corrected chi connectivity index (χ0v) is 13.7. The van der Waals surface area contributed by atoms with Crippen molar-refractivity contribution in [3.8, 4) is 5.88 Å². The number of aromatic nitrogens is 2. The van der Waals surface area contributed by atoms with Gasteiger partial charge in [0, 0.05) is 26.1 Å². The summed E-state index contributed by atoms with van der Waals surface area (Å²) in [6.07, 6.45) is 1.61. The summed E-state index contributed by atoms with van der Waals surface area (Å²) in [5.41, 5.74) is 0.805. The van der Waals surface area contributed by atoms with Gasteiger partial charge in [0.1, 0.15) is 6.10 Å². The third-order valence-electron chi connectivity index (χ3n) is 3.48. The van der Waals surface area contributed by atoms with Crippen LogP contribution in [0.15, 0.2) is 12.1 Å². The van der Waals surface area contributed by atoms with Crippen LogP contribution in [0.3, 0.4) is 0 Å². The molecule has 0 aromatic carbocycles. The van der Waals surface area contributed by atoms with Crippen LogP contribution < -0.4 is 4.74 Å². The third kappa shape index (κ3) is 4.38. The fourth-order valence-electron chi connectivity index (χ4n) is 2.08. The minimum atomic E-state index is -3.36. The highest BCUT2D eigenvalue weighted by Gasteiger charge is 2.29. The molecule has 1 aliphatic heterocycles. The van der Waals surface area contributed by atoms with E-state index in [9.17, 15) is 13.2 Å². The second kappa shape index (κ2) is 6.57. The molecule has 9 heteroatoms. The Bertz CT molecular complexity index is 632. The Labute approximate surface area is 130 Å². The van der Waals surface area contributed by atoms with E-state index in [-0.39, 0.29) is 18.6 Å². The van der Waals surface area contributed by atoms with Crippen molar-refractivity contribution in [2.75, 3.05) is 32.9 Å². The molecule has 0 saturated carbocycles. The second-order valence-corrected chi connectivity index (χ2v) is 7.49. The molecule has 0 bridgehead atoms. The van der Waals surface area contributed by atoms with E-state index >= 15 is 0 Å². The van der Waals surface area contributed by atoms with Crippen LogP contribution in [-0.2, 0) is 14.8 Å². The molecule has 1 saturated heterocycles. The van der Waals surface area contributed by atoms with Crippen LogP contribution in [0.25, 0.3) is 0 Å². The molecule has 0 N–H and O–H groups in total. The van der Waals surface area contributed by atoms with Gasteiger partial charge in [0.05, 0.1) is 25.0 Å². The zero-order valence-electron chi connectivity index (χ0n) is 12.9. The Hall–Kier alpha value is -1.74. The summed E-state index contributed by atoms with van der Waals surface area (Å²) in [5.74, 6) is 0.201. The molecule has 0 unspecified atom stereocenters. The zero-order chi connectivity index (χ0) is 16.3. The maximum Gasteiger partial charge on any atom is 0.238 e. The molecule has 122 valence electrons. The van der Waals surface area contributed by atoms with Gasteiger partial charge in [0.2, 0.25) is 21.8 Å². The molecule has 0 aliphatic carbocycles. The molecule has 1 fully saturated rings. The van der Waals surface area contributed by atoms with Crippen LogP contribution in [0.5, 0.6) is 5.88 Å². The first-order valence-corrected chi connectivity index (χ1v) is 8.76. The lowest BCUT2D eigenvalue weighted by Gasteiger charge is -2.20. The van der Waals surface area contributed by atoms with E-state index in [1.165, 1.54) is 7.05 Å². The SMILES string of the molecule is Cc1ccc(O[C@@H]2CCN(C(=O)CN(C)S(C)(=O)=O)C2)nn1. The number of nitrogens with zero attached hydrogens (tertiary/aromatic N) is 4. The molecule has 1 atom stereocenters. The molecule has 0 spiro atoms. The molecule has 8 nitrogen and oxygen atoms in total. The fraction of sp³-hybridized carbons (Fsp3) is 0.615. The molecule has 2 rings (SSSR count). The largest absolute Gasteiger partial charge is 0.471 e. The van der Waals surface area contributed by atoms with Gasteiger partial charge in [-0.15, -0.1) is 5.10 Å². The highest BCUT2D eigenvalue weighted by Crippen LogP contribution is 2.16. The smallest absolute Gasteiger partial charge is 0.238 e. The number of carbonyl (C=O) groups is 1. The molecule has 1 aromatic rings. The van der Waals surface area contributed by atoms with Crippen molar-refractivity contribution in [3.05, 3.63) is 17.8 Å². The number of likely N-dealkylation sites (tertiary alicyclic amines) is 1. The second-order valence-electron chi connectivity index (χ2n) is 5.40. The van der Waals surface area contributed by atoms with Crippen LogP contribution >= 0.6 is 0 Å². The van der Waals surface area contributed by atoms with Crippen LogP contribution in [0.4, 0.5) is 0 Å². The topological polar surface area (TPSA) is 92.7 Å². The molecule has 1 amide bonds. The number of amides is 1. The normalized spacial score (nSPS) is 18.7. The lowest BCUT2D eigenvalue weighted by atomic mass is 10.3. The standard InChI is InChI=1S/C13H20N4O4S/c1-10-4-5-12(15-14-10)21-11-6-7-17(8-11)13(18)9-16(2)22(3,19)20/h4-5,11H,6-9H2,1-3H3/t11-/m1/s1. The summed E-state index contributed by atoms with van der Waals surface area (Å²) in [5, 5.41) is 7.84. The number of carbonyl (C=O) groups excluding carboxylic acids is 1. The van der Waals surface area contributed by atoms with Gasteiger partial charge in [-0.25, -0.2) is 8.42 Å². The van der Waals surface area contributed by atoms with Crippen LogP contribution in [0.1, 0.15) is 12.1 Å². The first kappa shape index (κ1) is 16.6. The van der Waals surface area contributed by atoms with Gasteiger partial charge in [-0.3, -0.25) is 4.79 Å². The summed E-state index contributed by atoms with van der Waals surface area (Å²) in [4.78, 5) is 13.7. The Morgan fingerprint density at radius 1 is 1.45 bits per heavy atom. The number of sulfonamides is 1.